The Kier molecular flexibility index (Phi) is 4.85. The Bertz CT molecular complexity index is 681. The van der Waals surface area contributed by atoms with Crippen LogP contribution in [0.4, 0.5) is 5.69 Å². The molecule has 0 aromatic heterocycles. The lowest BCUT2D eigenvalue weighted by molar-refractivity contribution is 0.0827. The van der Waals surface area contributed by atoms with Crippen molar-refractivity contribution in [1.29, 1.82) is 0 Å². The van der Waals surface area contributed by atoms with Gasteiger partial charge in [-0.3, -0.25) is 4.79 Å². The number of hydrogen-bond acceptors (Lipinski definition) is 5. The molecule has 0 atom stereocenters. The highest BCUT2D eigenvalue weighted by Gasteiger charge is 2.10. The second-order valence-electron chi connectivity index (χ2n) is 4.88. The number of carbonyl (C=O) groups excluding carboxylic acids is 1. The summed E-state index contributed by atoms with van der Waals surface area (Å²) >= 11 is 0. The Morgan fingerprint density at radius 3 is 2.41 bits per heavy atom. The zero-order chi connectivity index (χ0) is 16.1. The van der Waals surface area contributed by atoms with Gasteiger partial charge in [-0.2, -0.15) is 0 Å². The van der Waals surface area contributed by atoms with Crippen molar-refractivity contribution in [3.05, 3.63) is 58.5 Å². The van der Waals surface area contributed by atoms with Crippen molar-refractivity contribution in [3.63, 3.8) is 0 Å². The van der Waals surface area contributed by atoms with E-state index < -0.39 is 0 Å². The van der Waals surface area contributed by atoms with Crippen molar-refractivity contribution in [1.82, 2.24) is 4.90 Å². The van der Waals surface area contributed by atoms with E-state index >= 15 is 0 Å². The minimum absolute atomic E-state index is 0.107. The summed E-state index contributed by atoms with van der Waals surface area (Å²) in [6.07, 6.45) is 0. The van der Waals surface area contributed by atoms with Crippen LogP contribution in [-0.4, -0.2) is 30.0 Å². The van der Waals surface area contributed by atoms with Crippen LogP contribution < -0.4 is 4.74 Å². The van der Waals surface area contributed by atoms with Gasteiger partial charge in [0.15, 0.2) is 11.4 Å². The van der Waals surface area contributed by atoms with Gasteiger partial charge in [0.25, 0.3) is 5.91 Å². The van der Waals surface area contributed by atoms with Crippen LogP contribution in [-0.2, 0) is 6.61 Å². The molecule has 1 N–H and O–H groups in total. The molecule has 2 aromatic carbocycles. The second kappa shape index (κ2) is 6.82. The summed E-state index contributed by atoms with van der Waals surface area (Å²) in [5.74, 6) is 0.618. The summed E-state index contributed by atoms with van der Waals surface area (Å²) in [5, 5.41) is 12.0. The van der Waals surface area contributed by atoms with Gasteiger partial charge in [-0.1, -0.05) is 6.07 Å². The van der Waals surface area contributed by atoms with E-state index in [-0.39, 0.29) is 24.0 Å². The fourth-order valence-electron chi connectivity index (χ4n) is 1.86. The highest BCUT2D eigenvalue weighted by molar-refractivity contribution is 5.93. The van der Waals surface area contributed by atoms with Crippen molar-refractivity contribution in [2.24, 2.45) is 5.18 Å². The third kappa shape index (κ3) is 3.48. The first-order valence-electron chi connectivity index (χ1n) is 6.62. The molecule has 6 nitrogen and oxygen atoms in total. The van der Waals surface area contributed by atoms with Crippen LogP contribution in [0.1, 0.15) is 15.9 Å². The number of aliphatic hydroxyl groups excluding tert-OH is 1. The number of hydrogen-bond donors (Lipinski definition) is 1. The molecule has 0 aliphatic heterocycles. The molecule has 1 amide bonds. The molecule has 22 heavy (non-hydrogen) atoms. The lowest BCUT2D eigenvalue weighted by Crippen LogP contribution is -2.21. The molecule has 0 bridgehead atoms. The number of rotatable bonds is 5. The van der Waals surface area contributed by atoms with E-state index in [1.54, 1.807) is 50.5 Å². The Morgan fingerprint density at radius 1 is 1.18 bits per heavy atom. The first-order chi connectivity index (χ1) is 10.5. The molecular weight excluding hydrogens is 284 g/mol. The number of nitrogens with zero attached hydrogens (tertiary/aromatic N) is 2. The average molecular weight is 300 g/mol. The Hall–Kier alpha value is -2.73. The van der Waals surface area contributed by atoms with E-state index in [1.165, 1.54) is 11.0 Å². The van der Waals surface area contributed by atoms with Gasteiger partial charge in [-0.15, -0.1) is 4.91 Å². The van der Waals surface area contributed by atoms with Crippen LogP contribution >= 0.6 is 0 Å². The van der Waals surface area contributed by atoms with Crippen molar-refractivity contribution in [2.75, 3.05) is 14.1 Å². The molecule has 114 valence electrons. The van der Waals surface area contributed by atoms with E-state index in [1.807, 2.05) is 0 Å². The predicted molar refractivity (Wildman–Crippen MR) is 82.4 cm³/mol. The maximum Gasteiger partial charge on any atom is 0.253 e. The summed E-state index contributed by atoms with van der Waals surface area (Å²) in [5.41, 5.74) is 1.29. The first-order valence-corrected chi connectivity index (χ1v) is 6.62. The van der Waals surface area contributed by atoms with E-state index in [0.717, 1.165) is 0 Å². The fourth-order valence-corrected chi connectivity index (χ4v) is 1.86. The van der Waals surface area contributed by atoms with Crippen LogP contribution in [0.15, 0.2) is 47.6 Å². The van der Waals surface area contributed by atoms with Crippen molar-refractivity contribution in [2.45, 2.75) is 6.61 Å². The van der Waals surface area contributed by atoms with Crippen molar-refractivity contribution < 1.29 is 14.6 Å². The quantitative estimate of drug-likeness (QED) is 0.861. The number of ether oxygens (including phenoxy) is 1. The molecule has 2 rings (SSSR count). The zero-order valence-corrected chi connectivity index (χ0v) is 12.3. The SMILES string of the molecule is CN(C)C(=O)c1ccc(Oc2cc(CO)ccc2N=O)cc1. The van der Waals surface area contributed by atoms with E-state index in [0.29, 0.717) is 16.9 Å². The molecule has 0 radical (unpaired) electrons. The first kappa shape index (κ1) is 15.7. The van der Waals surface area contributed by atoms with Gasteiger partial charge in [0, 0.05) is 19.7 Å². The maximum atomic E-state index is 11.8. The van der Waals surface area contributed by atoms with Gasteiger partial charge in [0.2, 0.25) is 0 Å². The Morgan fingerprint density at radius 2 is 1.86 bits per heavy atom. The number of amides is 1. The summed E-state index contributed by atoms with van der Waals surface area (Å²) < 4.78 is 5.61. The molecule has 0 fully saturated rings. The van der Waals surface area contributed by atoms with Crippen LogP contribution in [0.2, 0.25) is 0 Å². The van der Waals surface area contributed by atoms with Gasteiger partial charge in [-0.25, -0.2) is 0 Å². The zero-order valence-electron chi connectivity index (χ0n) is 12.3. The maximum absolute atomic E-state index is 11.8. The monoisotopic (exact) mass is 300 g/mol. The highest BCUT2D eigenvalue weighted by Crippen LogP contribution is 2.32. The van der Waals surface area contributed by atoms with Gasteiger partial charge >= 0.3 is 0 Å². The fraction of sp³-hybridized carbons (Fsp3) is 0.188. The van der Waals surface area contributed by atoms with Gasteiger partial charge in [0.05, 0.1) is 6.61 Å². The second-order valence-corrected chi connectivity index (χ2v) is 4.88. The van der Waals surface area contributed by atoms with Crippen molar-refractivity contribution in [3.8, 4) is 11.5 Å². The largest absolute Gasteiger partial charge is 0.455 e. The van der Waals surface area contributed by atoms with Gasteiger partial charge < -0.3 is 14.7 Å². The normalized spacial score (nSPS) is 10.1. The standard InChI is InChI=1S/C16H16N2O4/c1-18(2)16(20)12-4-6-13(7-5-12)22-15-9-11(10-19)3-8-14(15)17-21/h3-9,19H,10H2,1-2H3. The average Bonchev–Trinajstić information content (AvgIpc) is 2.54. The molecular formula is C16H16N2O4. The molecule has 0 saturated heterocycles. The van der Waals surface area contributed by atoms with E-state index in [2.05, 4.69) is 5.18 Å². The van der Waals surface area contributed by atoms with Crippen molar-refractivity contribution >= 4 is 11.6 Å². The summed E-state index contributed by atoms with van der Waals surface area (Å²) in [7, 11) is 3.35. The number of benzene rings is 2. The third-order valence-corrected chi connectivity index (χ3v) is 3.04. The number of aliphatic hydroxyl groups is 1. The molecule has 6 heteroatoms. The smallest absolute Gasteiger partial charge is 0.253 e. The molecule has 0 spiro atoms. The van der Waals surface area contributed by atoms with Gasteiger partial charge in [0.1, 0.15) is 5.75 Å². The third-order valence-electron chi connectivity index (χ3n) is 3.04. The lowest BCUT2D eigenvalue weighted by atomic mass is 10.2. The molecule has 0 aliphatic carbocycles. The lowest BCUT2D eigenvalue weighted by Gasteiger charge is -2.11. The van der Waals surface area contributed by atoms with Gasteiger partial charge in [-0.05, 0) is 47.1 Å². The van der Waals surface area contributed by atoms with Crippen LogP contribution in [0.3, 0.4) is 0 Å². The Balaban J connectivity index is 2.24. The Labute approximate surface area is 127 Å². The minimum Gasteiger partial charge on any atom is -0.455 e. The highest BCUT2D eigenvalue weighted by atomic mass is 16.5. The number of nitroso groups, excluding NO2 is 1. The van der Waals surface area contributed by atoms with E-state index in [9.17, 15) is 9.70 Å². The molecule has 2 aromatic rings. The summed E-state index contributed by atoms with van der Waals surface area (Å²) in [6, 6.07) is 11.2. The number of carbonyl (C=O) groups is 1. The molecule has 0 aliphatic rings. The van der Waals surface area contributed by atoms with Crippen LogP contribution in [0, 0.1) is 4.91 Å². The minimum atomic E-state index is -0.161. The topological polar surface area (TPSA) is 79.2 Å². The van der Waals surface area contributed by atoms with Crippen LogP contribution in [0.25, 0.3) is 0 Å². The molecule has 0 unspecified atom stereocenters. The predicted octanol–water partition coefficient (Wildman–Crippen LogP) is 3.07. The molecule has 0 heterocycles. The molecule has 0 saturated carbocycles. The van der Waals surface area contributed by atoms with E-state index in [4.69, 9.17) is 9.84 Å². The summed E-state index contributed by atoms with van der Waals surface area (Å²) in [6.45, 7) is -0.161. The van der Waals surface area contributed by atoms with Crippen LogP contribution in [0.5, 0.6) is 11.5 Å². The summed E-state index contributed by atoms with van der Waals surface area (Å²) in [4.78, 5) is 24.1.